The smallest absolute Gasteiger partial charge is 0.311 e. The molecule has 0 saturated heterocycles. The van der Waals surface area contributed by atoms with Gasteiger partial charge >= 0.3 is 17.9 Å². The average molecular weight is 842 g/mol. The van der Waals surface area contributed by atoms with Crippen molar-refractivity contribution in [1.82, 2.24) is 0 Å². The van der Waals surface area contributed by atoms with Gasteiger partial charge in [0.2, 0.25) is 0 Å². The molecule has 0 aromatic heterocycles. The quantitative estimate of drug-likeness (QED) is 0.0138. The molecule has 0 bridgehead atoms. The lowest BCUT2D eigenvalue weighted by Gasteiger charge is -2.39. The standard InChI is InChI=1S/C41H51N11O9/c1-8-40(5,37(55)59-7)27-41(6,38(56)60-23-10-21-44-49-42)26-39(3,4)36(54)61-24-22-51(9-2)32-18-16-30(17-19-32)46-48-33-20-11-28(25-34(33)52(57)58)35(53)45-29-12-14-31(15-13-29)47-50-43/h11-20,25H,8-10,21-24,26-27H2,1-7H3,(H,45,53). The van der Waals surface area contributed by atoms with Gasteiger partial charge in [-0.05, 0) is 120 Å². The topological polar surface area (TPSA) is 277 Å². The van der Waals surface area contributed by atoms with Gasteiger partial charge in [0.1, 0.15) is 6.61 Å². The highest BCUT2D eigenvalue weighted by molar-refractivity contribution is 6.05. The van der Waals surface area contributed by atoms with Crippen molar-refractivity contribution in [1.29, 1.82) is 0 Å². The summed E-state index contributed by atoms with van der Waals surface area (Å²) in [4.78, 5) is 71.4. The van der Waals surface area contributed by atoms with Crippen LogP contribution in [0, 0.1) is 26.4 Å². The monoisotopic (exact) mass is 841 g/mol. The van der Waals surface area contributed by atoms with Gasteiger partial charge in [-0.1, -0.05) is 29.3 Å². The molecule has 3 aromatic carbocycles. The van der Waals surface area contributed by atoms with E-state index in [1.807, 2.05) is 18.7 Å². The minimum Gasteiger partial charge on any atom is -0.469 e. The number of azo groups is 1. The van der Waals surface area contributed by atoms with Crippen LogP contribution in [0.25, 0.3) is 20.9 Å². The van der Waals surface area contributed by atoms with Gasteiger partial charge in [0.25, 0.3) is 11.6 Å². The molecular formula is C41H51N11O9. The number of methoxy groups -OCH3 is 1. The first-order valence-corrected chi connectivity index (χ1v) is 19.4. The molecule has 0 spiro atoms. The predicted molar refractivity (Wildman–Crippen MR) is 227 cm³/mol. The van der Waals surface area contributed by atoms with Crippen LogP contribution in [-0.2, 0) is 28.6 Å². The maximum absolute atomic E-state index is 13.6. The minimum absolute atomic E-state index is 0.00470. The van der Waals surface area contributed by atoms with Crippen molar-refractivity contribution in [3.05, 3.63) is 103 Å². The van der Waals surface area contributed by atoms with Crippen LogP contribution in [0.1, 0.15) is 77.6 Å². The summed E-state index contributed by atoms with van der Waals surface area (Å²) in [5.74, 6) is -2.22. The molecule has 0 aliphatic carbocycles. The number of likely N-dealkylation sites (N-methyl/N-ethyl adjacent to an activating group) is 1. The third-order valence-corrected chi connectivity index (χ3v) is 10.00. The Hall–Kier alpha value is -7.04. The number of nitrogens with one attached hydrogen (secondary N) is 1. The van der Waals surface area contributed by atoms with Crippen molar-refractivity contribution in [2.75, 3.05) is 50.2 Å². The molecule has 0 heterocycles. The summed E-state index contributed by atoms with van der Waals surface area (Å²) in [6, 6.07) is 16.8. The van der Waals surface area contributed by atoms with E-state index in [9.17, 15) is 29.3 Å². The summed E-state index contributed by atoms with van der Waals surface area (Å²) in [5, 5.41) is 29.7. The number of benzene rings is 3. The Bertz CT molecular complexity index is 2170. The molecule has 0 fully saturated rings. The maximum atomic E-state index is 13.6. The lowest BCUT2D eigenvalue weighted by molar-refractivity contribution is -0.384. The Labute approximate surface area is 353 Å². The molecule has 0 radical (unpaired) electrons. The van der Waals surface area contributed by atoms with Gasteiger partial charge in [-0.25, -0.2) is 0 Å². The van der Waals surface area contributed by atoms with Crippen LogP contribution in [0.2, 0.25) is 0 Å². The molecule has 3 rings (SSSR count). The zero-order valence-electron chi connectivity index (χ0n) is 35.4. The van der Waals surface area contributed by atoms with E-state index in [-0.39, 0.29) is 43.9 Å². The number of nitrogens with zero attached hydrogens (tertiary/aromatic N) is 10. The second-order valence-corrected chi connectivity index (χ2v) is 15.2. The van der Waals surface area contributed by atoms with Crippen LogP contribution in [0.4, 0.5) is 34.1 Å². The van der Waals surface area contributed by atoms with Crippen LogP contribution in [-0.4, -0.2) is 68.7 Å². The number of esters is 3. The van der Waals surface area contributed by atoms with Gasteiger partial charge in [0.15, 0.2) is 5.69 Å². The van der Waals surface area contributed by atoms with Crippen molar-refractivity contribution >= 4 is 57.9 Å². The molecule has 324 valence electrons. The minimum atomic E-state index is -1.29. The molecule has 2 atom stereocenters. The van der Waals surface area contributed by atoms with Crippen LogP contribution in [0.15, 0.2) is 87.2 Å². The molecule has 2 unspecified atom stereocenters. The summed E-state index contributed by atoms with van der Waals surface area (Å²) in [5.41, 5.74) is 15.1. The molecule has 61 heavy (non-hydrogen) atoms. The Morgan fingerprint density at radius 3 is 2.07 bits per heavy atom. The fraction of sp³-hybridized carbons (Fsp3) is 0.463. The Morgan fingerprint density at radius 1 is 0.820 bits per heavy atom. The van der Waals surface area contributed by atoms with Crippen molar-refractivity contribution < 1.29 is 38.3 Å². The van der Waals surface area contributed by atoms with Gasteiger partial charge in [-0.15, -0.1) is 5.11 Å². The number of carbonyl (C=O) groups excluding carboxylic acids is 4. The number of nitro benzene ring substituents is 1. The predicted octanol–water partition coefficient (Wildman–Crippen LogP) is 10.2. The Morgan fingerprint density at radius 2 is 1.48 bits per heavy atom. The van der Waals surface area contributed by atoms with E-state index in [0.29, 0.717) is 43.0 Å². The second-order valence-electron chi connectivity index (χ2n) is 15.2. The third kappa shape index (κ3) is 13.8. The van der Waals surface area contributed by atoms with Gasteiger partial charge in [0.05, 0.1) is 47.1 Å². The molecule has 0 saturated carbocycles. The first-order chi connectivity index (χ1) is 28.9. The van der Waals surface area contributed by atoms with E-state index < -0.39 is 50.7 Å². The van der Waals surface area contributed by atoms with E-state index >= 15 is 0 Å². The normalized spacial score (nSPS) is 13.0. The SMILES string of the molecule is CCN(CCOC(=O)C(C)(C)CC(C)(CC(C)(CC)C(=O)OC)C(=O)OCCCN=[N+]=[N-])c1ccc(N=Nc2ccc(C(=O)Nc3ccc(N=[N+]=[N-])cc3)cc2[N+](=O)[O-])cc1. The van der Waals surface area contributed by atoms with Crippen molar-refractivity contribution in [2.24, 2.45) is 36.7 Å². The summed E-state index contributed by atoms with van der Waals surface area (Å²) in [6.07, 6.45) is 0.744. The summed E-state index contributed by atoms with van der Waals surface area (Å²) < 4.78 is 16.4. The van der Waals surface area contributed by atoms with Crippen molar-refractivity contribution in [2.45, 2.75) is 67.2 Å². The number of rotatable bonds is 23. The van der Waals surface area contributed by atoms with E-state index in [1.165, 1.54) is 43.5 Å². The number of ether oxygens (including phenoxy) is 3. The Balaban J connectivity index is 1.67. The van der Waals surface area contributed by atoms with Gasteiger partial charge in [-0.3, -0.25) is 29.3 Å². The number of carbonyl (C=O) groups is 4. The van der Waals surface area contributed by atoms with Gasteiger partial charge < -0.3 is 24.4 Å². The first-order valence-electron chi connectivity index (χ1n) is 19.4. The number of azide groups is 2. The van der Waals surface area contributed by atoms with E-state index in [2.05, 4.69) is 35.6 Å². The molecule has 20 nitrogen and oxygen atoms in total. The summed E-state index contributed by atoms with van der Waals surface area (Å²) in [7, 11) is 1.28. The van der Waals surface area contributed by atoms with Gasteiger partial charge in [0, 0.05) is 51.6 Å². The molecule has 3 aromatic rings. The van der Waals surface area contributed by atoms with Crippen LogP contribution in [0.3, 0.4) is 0 Å². The average Bonchev–Trinajstić information content (AvgIpc) is 3.24. The van der Waals surface area contributed by atoms with E-state index in [1.54, 1.807) is 52.0 Å². The molecule has 1 N–H and O–H groups in total. The zero-order chi connectivity index (χ0) is 45.2. The highest BCUT2D eigenvalue weighted by Gasteiger charge is 2.49. The summed E-state index contributed by atoms with van der Waals surface area (Å²) in [6.45, 7) is 11.5. The fourth-order valence-electron chi connectivity index (χ4n) is 6.74. The van der Waals surface area contributed by atoms with E-state index in [4.69, 9.17) is 25.3 Å². The lowest BCUT2D eigenvalue weighted by atomic mass is 9.65. The first kappa shape index (κ1) is 48.3. The number of nitro groups is 1. The largest absolute Gasteiger partial charge is 0.469 e. The van der Waals surface area contributed by atoms with E-state index in [0.717, 1.165) is 11.8 Å². The van der Waals surface area contributed by atoms with Crippen LogP contribution in [0.5, 0.6) is 0 Å². The fourth-order valence-corrected chi connectivity index (χ4v) is 6.74. The van der Waals surface area contributed by atoms with Crippen LogP contribution >= 0.6 is 0 Å². The lowest BCUT2D eigenvalue weighted by Crippen LogP contribution is -2.44. The van der Waals surface area contributed by atoms with Crippen molar-refractivity contribution in [3.63, 3.8) is 0 Å². The summed E-state index contributed by atoms with van der Waals surface area (Å²) >= 11 is 0. The zero-order valence-corrected chi connectivity index (χ0v) is 35.4. The number of anilines is 2. The number of amides is 1. The Kier molecular flexibility index (Phi) is 17.7. The number of hydrogen-bond acceptors (Lipinski definition) is 14. The maximum Gasteiger partial charge on any atom is 0.311 e. The van der Waals surface area contributed by atoms with Crippen molar-refractivity contribution in [3.8, 4) is 0 Å². The second kappa shape index (κ2) is 22.4. The third-order valence-electron chi connectivity index (χ3n) is 10.00. The number of hydrogen-bond donors (Lipinski definition) is 1. The molecule has 20 heteroatoms. The molecular weight excluding hydrogens is 791 g/mol. The molecule has 0 aliphatic rings. The highest BCUT2D eigenvalue weighted by Crippen LogP contribution is 2.46. The highest BCUT2D eigenvalue weighted by atomic mass is 16.6. The van der Waals surface area contributed by atoms with Gasteiger partial charge in [-0.2, -0.15) is 5.11 Å². The molecule has 1 amide bonds. The van der Waals surface area contributed by atoms with Crippen LogP contribution < -0.4 is 10.2 Å². The molecule has 0 aliphatic heterocycles.